The first-order valence-electron chi connectivity index (χ1n) is 10.7. The molecule has 32 heavy (non-hydrogen) atoms. The molecule has 3 heteroatoms. The number of ether oxygens (including phenoxy) is 1. The van der Waals surface area contributed by atoms with Crippen molar-refractivity contribution in [3.05, 3.63) is 136 Å². The smallest absolute Gasteiger partial charge is 0.190 e. The molecule has 0 fully saturated rings. The van der Waals surface area contributed by atoms with E-state index in [9.17, 15) is 4.79 Å². The lowest BCUT2D eigenvalue weighted by Crippen LogP contribution is -2.35. The van der Waals surface area contributed by atoms with Gasteiger partial charge in [0.2, 0.25) is 0 Å². The summed E-state index contributed by atoms with van der Waals surface area (Å²) in [4.78, 5) is 13.1. The molecule has 6 rings (SSSR count). The second-order valence-corrected chi connectivity index (χ2v) is 8.10. The Balaban J connectivity index is 1.89. The molecule has 1 aromatic heterocycles. The summed E-state index contributed by atoms with van der Waals surface area (Å²) in [5.74, 6) is 0.771. The molecule has 0 saturated heterocycles. The number of para-hydroxylation sites is 1. The largest absolute Gasteiger partial charge is 0.497 e. The maximum Gasteiger partial charge on any atom is 0.190 e. The van der Waals surface area contributed by atoms with Crippen molar-refractivity contribution >= 4 is 10.9 Å². The van der Waals surface area contributed by atoms with E-state index in [0.717, 1.165) is 39.2 Å². The average Bonchev–Trinajstić information content (AvgIpc) is 3.16. The molecular weight excluding hydrogens is 394 g/mol. The fourth-order valence-corrected chi connectivity index (χ4v) is 5.23. The predicted molar refractivity (Wildman–Crippen MR) is 128 cm³/mol. The zero-order chi connectivity index (χ0) is 21.7. The minimum Gasteiger partial charge on any atom is -0.497 e. The molecule has 1 aliphatic rings. The Morgan fingerprint density at radius 3 is 2.00 bits per heavy atom. The minimum absolute atomic E-state index is 0.0255. The SMILES string of the molecule is COc1ccc2c(c1)-c1cc(=O)c3ccccc3n1C2(c1ccccc1)c1ccccc1. The van der Waals surface area contributed by atoms with Gasteiger partial charge in [0.25, 0.3) is 0 Å². The quantitative estimate of drug-likeness (QED) is 0.364. The van der Waals surface area contributed by atoms with Crippen LogP contribution in [0.25, 0.3) is 22.2 Å². The van der Waals surface area contributed by atoms with E-state index in [1.54, 1.807) is 13.2 Å². The van der Waals surface area contributed by atoms with Crippen molar-refractivity contribution in [1.82, 2.24) is 4.57 Å². The highest BCUT2D eigenvalue weighted by atomic mass is 16.5. The average molecular weight is 415 g/mol. The molecule has 0 N–H and O–H groups in total. The molecule has 0 radical (unpaired) electrons. The Morgan fingerprint density at radius 2 is 1.34 bits per heavy atom. The van der Waals surface area contributed by atoms with Gasteiger partial charge in [0.1, 0.15) is 11.3 Å². The molecule has 2 heterocycles. The van der Waals surface area contributed by atoms with Crippen LogP contribution in [-0.2, 0) is 5.54 Å². The van der Waals surface area contributed by atoms with E-state index < -0.39 is 5.54 Å². The van der Waals surface area contributed by atoms with Gasteiger partial charge in [-0.1, -0.05) is 78.9 Å². The van der Waals surface area contributed by atoms with Crippen molar-refractivity contribution in [2.75, 3.05) is 7.11 Å². The lowest BCUT2D eigenvalue weighted by atomic mass is 9.77. The van der Waals surface area contributed by atoms with Crippen molar-refractivity contribution in [3.8, 4) is 17.0 Å². The van der Waals surface area contributed by atoms with E-state index in [1.807, 2.05) is 48.5 Å². The Hall–Kier alpha value is -4.11. The number of nitrogens with zero attached hydrogens (tertiary/aromatic N) is 1. The summed E-state index contributed by atoms with van der Waals surface area (Å²) in [6, 6.07) is 36.9. The van der Waals surface area contributed by atoms with E-state index in [1.165, 1.54) is 0 Å². The van der Waals surface area contributed by atoms with Crippen LogP contribution in [0.3, 0.4) is 0 Å². The topological polar surface area (TPSA) is 31.2 Å². The van der Waals surface area contributed by atoms with E-state index in [0.29, 0.717) is 5.39 Å². The van der Waals surface area contributed by atoms with Crippen LogP contribution in [-0.4, -0.2) is 11.7 Å². The molecule has 0 saturated carbocycles. The summed E-state index contributed by atoms with van der Waals surface area (Å²) in [6.07, 6.45) is 0. The molecule has 3 nitrogen and oxygen atoms in total. The molecule has 0 bridgehead atoms. The molecular formula is C29H21NO2. The first-order valence-corrected chi connectivity index (χ1v) is 10.7. The van der Waals surface area contributed by atoms with Gasteiger partial charge < -0.3 is 9.30 Å². The molecule has 1 aliphatic heterocycles. The van der Waals surface area contributed by atoms with Gasteiger partial charge in [-0.15, -0.1) is 0 Å². The van der Waals surface area contributed by atoms with Crippen LogP contribution in [0.2, 0.25) is 0 Å². The van der Waals surface area contributed by atoms with Crippen LogP contribution in [0, 0.1) is 0 Å². The summed E-state index contributed by atoms with van der Waals surface area (Å²) in [5.41, 5.74) is 5.65. The van der Waals surface area contributed by atoms with Gasteiger partial charge in [-0.05, 0) is 41.0 Å². The summed E-state index contributed by atoms with van der Waals surface area (Å²) in [6.45, 7) is 0. The standard InChI is InChI=1S/C29H21NO2/c1-32-22-16-17-25-24(18-22)27-19-28(31)23-14-8-9-15-26(23)30(27)29(25,20-10-4-2-5-11-20)21-12-6-3-7-13-21/h2-19H,1H3. The molecule has 5 aromatic rings. The van der Waals surface area contributed by atoms with Crippen molar-refractivity contribution < 1.29 is 4.74 Å². The molecule has 0 atom stereocenters. The Bertz CT molecular complexity index is 1480. The van der Waals surface area contributed by atoms with E-state index >= 15 is 0 Å². The van der Waals surface area contributed by atoms with Gasteiger partial charge in [-0.2, -0.15) is 0 Å². The third kappa shape index (κ3) is 2.39. The van der Waals surface area contributed by atoms with Crippen LogP contribution in [0.1, 0.15) is 16.7 Å². The van der Waals surface area contributed by atoms with Crippen molar-refractivity contribution in [1.29, 1.82) is 0 Å². The lowest BCUT2D eigenvalue weighted by molar-refractivity contribution is 0.414. The highest BCUT2D eigenvalue weighted by Gasteiger charge is 2.46. The van der Waals surface area contributed by atoms with Crippen LogP contribution in [0.4, 0.5) is 0 Å². The van der Waals surface area contributed by atoms with Crippen LogP contribution in [0.5, 0.6) is 5.75 Å². The van der Waals surface area contributed by atoms with Gasteiger partial charge in [0, 0.05) is 17.0 Å². The Morgan fingerprint density at radius 1 is 0.719 bits per heavy atom. The van der Waals surface area contributed by atoms with E-state index in [-0.39, 0.29) is 5.43 Å². The molecule has 4 aromatic carbocycles. The van der Waals surface area contributed by atoms with Crippen molar-refractivity contribution in [2.24, 2.45) is 0 Å². The summed E-state index contributed by atoms with van der Waals surface area (Å²) >= 11 is 0. The van der Waals surface area contributed by atoms with Gasteiger partial charge in [0.15, 0.2) is 5.43 Å². The normalized spacial score (nSPS) is 13.5. The van der Waals surface area contributed by atoms with Crippen LogP contribution < -0.4 is 10.2 Å². The maximum absolute atomic E-state index is 13.1. The molecule has 0 spiro atoms. The number of rotatable bonds is 3. The third-order valence-electron chi connectivity index (χ3n) is 6.53. The maximum atomic E-state index is 13.1. The number of benzene rings is 4. The summed E-state index contributed by atoms with van der Waals surface area (Å²) in [5, 5.41) is 0.715. The number of aromatic nitrogens is 1. The van der Waals surface area contributed by atoms with Gasteiger partial charge in [-0.25, -0.2) is 0 Å². The fraction of sp³-hybridized carbons (Fsp3) is 0.0690. The molecule has 0 aliphatic carbocycles. The Kier molecular flexibility index (Phi) is 4.05. The summed E-state index contributed by atoms with van der Waals surface area (Å²) in [7, 11) is 1.67. The van der Waals surface area contributed by atoms with E-state index in [2.05, 4.69) is 59.2 Å². The first kappa shape index (κ1) is 18.6. The van der Waals surface area contributed by atoms with Crippen LogP contribution in [0.15, 0.2) is 114 Å². The monoisotopic (exact) mass is 415 g/mol. The Labute approximate surface area is 186 Å². The number of fused-ring (bicyclic) bond motifs is 5. The lowest BCUT2D eigenvalue weighted by Gasteiger charge is -2.36. The third-order valence-corrected chi connectivity index (χ3v) is 6.53. The zero-order valence-electron chi connectivity index (χ0n) is 17.7. The fourth-order valence-electron chi connectivity index (χ4n) is 5.23. The molecule has 0 unspecified atom stereocenters. The molecule has 0 amide bonds. The second-order valence-electron chi connectivity index (χ2n) is 8.10. The minimum atomic E-state index is -0.618. The van der Waals surface area contributed by atoms with Gasteiger partial charge >= 0.3 is 0 Å². The summed E-state index contributed by atoms with van der Waals surface area (Å²) < 4.78 is 7.90. The highest BCUT2D eigenvalue weighted by molar-refractivity contribution is 5.88. The predicted octanol–water partition coefficient (Wildman–Crippen LogP) is 5.83. The number of methoxy groups -OCH3 is 1. The number of hydrogen-bond acceptors (Lipinski definition) is 2. The van der Waals surface area contributed by atoms with Crippen molar-refractivity contribution in [2.45, 2.75) is 5.54 Å². The van der Waals surface area contributed by atoms with Gasteiger partial charge in [-0.3, -0.25) is 4.79 Å². The first-order chi connectivity index (χ1) is 15.7. The second kappa shape index (κ2) is 6.96. The highest BCUT2D eigenvalue weighted by Crippen LogP contribution is 2.53. The van der Waals surface area contributed by atoms with E-state index in [4.69, 9.17) is 4.74 Å². The number of hydrogen-bond donors (Lipinski definition) is 0. The van der Waals surface area contributed by atoms with Crippen LogP contribution >= 0.6 is 0 Å². The van der Waals surface area contributed by atoms with Crippen molar-refractivity contribution in [3.63, 3.8) is 0 Å². The number of pyridine rings is 1. The van der Waals surface area contributed by atoms with Gasteiger partial charge in [0.05, 0.1) is 18.3 Å². The zero-order valence-corrected chi connectivity index (χ0v) is 17.7. The molecule has 154 valence electrons.